The van der Waals surface area contributed by atoms with Crippen molar-refractivity contribution in [3.63, 3.8) is 0 Å². The Bertz CT molecular complexity index is 1440. The van der Waals surface area contributed by atoms with Gasteiger partial charge in [0, 0.05) is 23.2 Å². The molecule has 4 atom stereocenters. The Balaban J connectivity index is 1.64. The van der Waals surface area contributed by atoms with Crippen LogP contribution in [0.1, 0.15) is 28.7 Å². The van der Waals surface area contributed by atoms with Crippen molar-refractivity contribution in [3.05, 3.63) is 124 Å². The first-order valence-electron chi connectivity index (χ1n) is 11.3. The Morgan fingerprint density at radius 3 is 2.29 bits per heavy atom. The Hall–Kier alpha value is -4.03. The zero-order valence-corrected chi connectivity index (χ0v) is 18.6. The Labute approximate surface area is 197 Å². The van der Waals surface area contributed by atoms with Gasteiger partial charge in [-0.3, -0.25) is 20.2 Å². The van der Waals surface area contributed by atoms with Gasteiger partial charge < -0.3 is 4.90 Å². The molecule has 1 N–H and O–H groups in total. The van der Waals surface area contributed by atoms with Gasteiger partial charge in [-0.05, 0) is 28.0 Å². The number of carbonyl (C=O) groups excluding carboxylic acids is 1. The molecule has 1 amide bonds. The van der Waals surface area contributed by atoms with Gasteiger partial charge >= 0.3 is 0 Å². The molecule has 34 heavy (non-hydrogen) atoms. The van der Waals surface area contributed by atoms with E-state index in [2.05, 4.69) is 5.32 Å². The van der Waals surface area contributed by atoms with E-state index < -0.39 is 23.5 Å². The quantitative estimate of drug-likeness (QED) is 0.361. The third kappa shape index (κ3) is 2.75. The number of amides is 1. The van der Waals surface area contributed by atoms with Crippen molar-refractivity contribution in [2.45, 2.75) is 23.5 Å². The molecule has 0 aromatic heterocycles. The van der Waals surface area contributed by atoms with E-state index in [1.807, 2.05) is 97.1 Å². The van der Waals surface area contributed by atoms with Crippen molar-refractivity contribution in [3.8, 4) is 0 Å². The van der Waals surface area contributed by atoms with Gasteiger partial charge in [0.1, 0.15) is 11.6 Å². The van der Waals surface area contributed by atoms with Crippen LogP contribution in [0.5, 0.6) is 0 Å². The first kappa shape index (κ1) is 20.6. The molecule has 6 nitrogen and oxygen atoms in total. The van der Waals surface area contributed by atoms with Crippen LogP contribution in [0.15, 0.2) is 97.1 Å². The minimum absolute atomic E-state index is 0.169. The fraction of sp³-hybridized carbons (Fsp3) is 0.179. The number of nitrogens with zero attached hydrogens (tertiary/aromatic N) is 2. The third-order valence-corrected chi connectivity index (χ3v) is 7.40. The normalized spacial score (nSPS) is 25.7. The van der Waals surface area contributed by atoms with Gasteiger partial charge in [0.15, 0.2) is 0 Å². The van der Waals surface area contributed by atoms with E-state index in [0.29, 0.717) is 0 Å². The van der Waals surface area contributed by atoms with E-state index in [-0.39, 0.29) is 10.8 Å². The second kappa shape index (κ2) is 7.50. The maximum atomic E-state index is 14.0. The first-order valence-corrected chi connectivity index (χ1v) is 11.3. The topological polar surface area (TPSA) is 75.5 Å². The molecule has 0 bridgehead atoms. The highest BCUT2D eigenvalue weighted by Gasteiger charge is 2.67. The lowest BCUT2D eigenvalue weighted by Crippen LogP contribution is -2.50. The number of benzene rings is 4. The lowest BCUT2D eigenvalue weighted by Gasteiger charge is -2.30. The summed E-state index contributed by atoms with van der Waals surface area (Å²) in [5.41, 5.74) is 1.90. The van der Waals surface area contributed by atoms with Gasteiger partial charge in [0.2, 0.25) is 6.04 Å². The molecule has 1 unspecified atom stereocenters. The largest absolute Gasteiger partial charge is 0.313 e. The molecule has 0 aliphatic carbocycles. The second-order valence-electron chi connectivity index (χ2n) is 9.08. The molecule has 1 spiro atoms. The Kier molecular flexibility index (Phi) is 4.54. The van der Waals surface area contributed by atoms with E-state index in [0.717, 1.165) is 33.2 Å². The van der Waals surface area contributed by atoms with Crippen molar-refractivity contribution >= 4 is 22.4 Å². The molecule has 0 radical (unpaired) electrons. The molecule has 2 heterocycles. The number of likely N-dealkylation sites (N-methyl/N-ethyl adjacent to an activating group) is 1. The predicted molar refractivity (Wildman–Crippen MR) is 131 cm³/mol. The third-order valence-electron chi connectivity index (χ3n) is 7.40. The van der Waals surface area contributed by atoms with E-state index in [4.69, 9.17) is 0 Å². The number of carbonyl (C=O) groups is 1. The second-order valence-corrected chi connectivity index (χ2v) is 9.08. The maximum absolute atomic E-state index is 14.0. The Morgan fingerprint density at radius 2 is 1.53 bits per heavy atom. The van der Waals surface area contributed by atoms with Gasteiger partial charge in [-0.1, -0.05) is 91.0 Å². The molecule has 6 heteroatoms. The summed E-state index contributed by atoms with van der Waals surface area (Å²) in [7, 11) is 1.74. The fourth-order valence-electron chi connectivity index (χ4n) is 5.93. The van der Waals surface area contributed by atoms with E-state index in [1.54, 1.807) is 11.9 Å². The van der Waals surface area contributed by atoms with Crippen LogP contribution in [-0.4, -0.2) is 23.9 Å². The zero-order chi connectivity index (χ0) is 23.4. The van der Waals surface area contributed by atoms with Gasteiger partial charge in [0.25, 0.3) is 5.91 Å². The monoisotopic (exact) mass is 449 g/mol. The molecule has 2 aliphatic rings. The standard InChI is InChI=1S/C28H23N3O3/c1-30-23-14-8-7-13-22(23)28(27(30)32)24(21-16-15-18-9-5-6-12-20(18)17-21)26(31(33)34)25(29-28)19-10-3-2-4-11-19/h2-17,24-26,29H,1H3/t24-,25+,26+,28?/m1/s1. The smallest absolute Gasteiger partial charge is 0.252 e. The number of hydrogen-bond acceptors (Lipinski definition) is 4. The predicted octanol–water partition coefficient (Wildman–Crippen LogP) is 4.79. The summed E-state index contributed by atoms with van der Waals surface area (Å²) in [6.45, 7) is 0. The van der Waals surface area contributed by atoms with Crippen LogP contribution in [0.3, 0.4) is 0 Å². The molecular weight excluding hydrogens is 426 g/mol. The minimum atomic E-state index is -1.24. The fourth-order valence-corrected chi connectivity index (χ4v) is 5.93. The van der Waals surface area contributed by atoms with Crippen LogP contribution in [0.25, 0.3) is 10.8 Å². The van der Waals surface area contributed by atoms with Crippen LogP contribution >= 0.6 is 0 Å². The number of nitro groups is 1. The molecule has 168 valence electrons. The number of para-hydroxylation sites is 1. The molecule has 6 rings (SSSR count). The number of fused-ring (bicyclic) bond motifs is 3. The molecule has 0 saturated carbocycles. The summed E-state index contributed by atoms with van der Waals surface area (Å²) in [4.78, 5) is 28.1. The highest BCUT2D eigenvalue weighted by Crippen LogP contribution is 2.56. The lowest BCUT2D eigenvalue weighted by molar-refractivity contribution is -0.527. The van der Waals surface area contributed by atoms with E-state index in [9.17, 15) is 14.9 Å². The van der Waals surface area contributed by atoms with Crippen molar-refractivity contribution < 1.29 is 9.72 Å². The van der Waals surface area contributed by atoms with Crippen LogP contribution < -0.4 is 10.2 Å². The highest BCUT2D eigenvalue weighted by atomic mass is 16.6. The first-order chi connectivity index (χ1) is 16.5. The van der Waals surface area contributed by atoms with Gasteiger partial charge in [-0.15, -0.1) is 0 Å². The van der Waals surface area contributed by atoms with E-state index >= 15 is 0 Å². The number of rotatable bonds is 3. The summed E-state index contributed by atoms with van der Waals surface area (Å²) in [6, 6.07) is 29.2. The summed E-state index contributed by atoms with van der Waals surface area (Å²) >= 11 is 0. The SMILES string of the molecule is CN1C(=O)C2(N[C@@H](c3ccccc3)[C@@H]([N+](=O)[O-])[C@H]2c2ccc3ccccc3c2)c2ccccc21. The molecule has 2 aliphatic heterocycles. The van der Waals surface area contributed by atoms with Gasteiger partial charge in [-0.2, -0.15) is 0 Å². The summed E-state index contributed by atoms with van der Waals surface area (Å²) in [6.07, 6.45) is 0. The number of anilines is 1. The molecule has 4 aromatic carbocycles. The summed E-state index contributed by atoms with van der Waals surface area (Å²) in [5.74, 6) is -0.868. The minimum Gasteiger partial charge on any atom is -0.313 e. The molecular formula is C28H23N3O3. The van der Waals surface area contributed by atoms with Crippen molar-refractivity contribution in [2.75, 3.05) is 11.9 Å². The highest BCUT2D eigenvalue weighted by molar-refractivity contribution is 6.08. The van der Waals surface area contributed by atoms with Gasteiger partial charge in [0.05, 0.1) is 5.92 Å². The van der Waals surface area contributed by atoms with E-state index in [1.165, 1.54) is 0 Å². The lowest BCUT2D eigenvalue weighted by atomic mass is 9.73. The average Bonchev–Trinajstić information content (AvgIpc) is 3.34. The summed E-state index contributed by atoms with van der Waals surface area (Å²) < 4.78 is 0. The van der Waals surface area contributed by atoms with Crippen molar-refractivity contribution in [2.24, 2.45) is 0 Å². The van der Waals surface area contributed by atoms with Crippen LogP contribution in [-0.2, 0) is 10.3 Å². The van der Waals surface area contributed by atoms with Crippen LogP contribution in [0.4, 0.5) is 5.69 Å². The Morgan fingerprint density at radius 1 is 0.853 bits per heavy atom. The van der Waals surface area contributed by atoms with Gasteiger partial charge in [-0.25, -0.2) is 0 Å². The molecule has 1 fully saturated rings. The average molecular weight is 450 g/mol. The van der Waals surface area contributed by atoms with Crippen molar-refractivity contribution in [1.29, 1.82) is 0 Å². The molecule has 1 saturated heterocycles. The van der Waals surface area contributed by atoms with Crippen LogP contribution in [0, 0.1) is 10.1 Å². The molecule has 4 aromatic rings. The van der Waals surface area contributed by atoms with Crippen molar-refractivity contribution in [1.82, 2.24) is 5.32 Å². The number of hydrogen-bond donors (Lipinski definition) is 1. The summed E-state index contributed by atoms with van der Waals surface area (Å²) in [5, 5.41) is 18.3. The number of nitrogens with one attached hydrogen (secondary N) is 1. The maximum Gasteiger partial charge on any atom is 0.252 e. The van der Waals surface area contributed by atoms with Crippen LogP contribution in [0.2, 0.25) is 0 Å². The zero-order valence-electron chi connectivity index (χ0n) is 18.6.